The first-order valence-corrected chi connectivity index (χ1v) is 10.7. The fourth-order valence-corrected chi connectivity index (χ4v) is 4.82. The summed E-state index contributed by atoms with van der Waals surface area (Å²) < 4.78 is 16.8. The number of hydrogen-bond donors (Lipinski definition) is 3. The summed E-state index contributed by atoms with van der Waals surface area (Å²) in [6.07, 6.45) is 0.405. The number of aromatic carboxylic acids is 1. The zero-order valence-electron chi connectivity index (χ0n) is 17.3. The minimum Gasteiger partial charge on any atom is -0.669 e. The van der Waals surface area contributed by atoms with E-state index in [0.29, 0.717) is 38.1 Å². The van der Waals surface area contributed by atoms with Gasteiger partial charge in [0.2, 0.25) is 5.91 Å². The van der Waals surface area contributed by atoms with Gasteiger partial charge in [-0.3, -0.25) is 4.79 Å². The molecule has 3 fully saturated rings. The van der Waals surface area contributed by atoms with Crippen LogP contribution in [0, 0.1) is 0 Å². The molecule has 3 heterocycles. The van der Waals surface area contributed by atoms with Gasteiger partial charge in [0, 0.05) is 13.1 Å². The van der Waals surface area contributed by atoms with Crippen molar-refractivity contribution in [3.05, 3.63) is 23.3 Å². The molecule has 1 aromatic rings. The molecule has 1 amide bonds. The Morgan fingerprint density at radius 2 is 2.03 bits per heavy atom. The van der Waals surface area contributed by atoms with Crippen LogP contribution in [0.3, 0.4) is 0 Å². The molecular weight excluding hydrogens is 407 g/mol. The Kier molecular flexibility index (Phi) is 4.89. The lowest BCUT2D eigenvalue weighted by Crippen LogP contribution is -2.57. The third-order valence-corrected chi connectivity index (χ3v) is 6.69. The number of fused-ring (bicyclic) bond motifs is 3. The fraction of sp³-hybridized carbons (Fsp3) is 0.600. The fourth-order valence-electron chi connectivity index (χ4n) is 4.82. The molecule has 3 atom stereocenters. The maximum absolute atomic E-state index is 12.5. The van der Waals surface area contributed by atoms with Gasteiger partial charge in [0.05, 0.1) is 38.0 Å². The van der Waals surface area contributed by atoms with Gasteiger partial charge in [0.15, 0.2) is 0 Å². The second-order valence-corrected chi connectivity index (χ2v) is 9.04. The summed E-state index contributed by atoms with van der Waals surface area (Å²) in [5.41, 5.74) is 0.457. The largest absolute Gasteiger partial charge is 0.669 e. The van der Waals surface area contributed by atoms with Crippen molar-refractivity contribution in [2.75, 3.05) is 39.8 Å². The Morgan fingerprint density at radius 1 is 1.26 bits per heavy atom. The summed E-state index contributed by atoms with van der Waals surface area (Å²) in [5.74, 6) is -1.70. The van der Waals surface area contributed by atoms with E-state index < -0.39 is 12.7 Å². The minimum atomic E-state index is -3.08. The number of carboxylic acid groups (broad SMARTS) is 1. The zero-order chi connectivity index (χ0) is 21.9. The van der Waals surface area contributed by atoms with Gasteiger partial charge in [-0.05, 0) is 24.6 Å². The van der Waals surface area contributed by atoms with Crippen LogP contribution in [0.4, 0.5) is 0 Å². The van der Waals surface area contributed by atoms with E-state index in [0.717, 1.165) is 13.1 Å². The smallest absolute Gasteiger partial charge is 0.434 e. The van der Waals surface area contributed by atoms with E-state index in [4.69, 9.17) is 14.1 Å². The molecule has 168 valence electrons. The van der Waals surface area contributed by atoms with Crippen LogP contribution >= 0.6 is 0 Å². The third-order valence-electron chi connectivity index (χ3n) is 6.69. The molecule has 0 unspecified atom stereocenters. The van der Waals surface area contributed by atoms with Crippen LogP contribution in [0.25, 0.3) is 0 Å². The number of nitrogens with zero attached hydrogens (tertiary/aromatic N) is 2. The number of carbonyl (C=O) groups excluding carboxylic acids is 1. The highest BCUT2D eigenvalue weighted by molar-refractivity contribution is 6.62. The van der Waals surface area contributed by atoms with Gasteiger partial charge < -0.3 is 39.1 Å². The molecule has 4 aliphatic rings. The summed E-state index contributed by atoms with van der Waals surface area (Å²) >= 11 is 0. The van der Waals surface area contributed by atoms with Crippen molar-refractivity contribution in [2.24, 2.45) is 0 Å². The molecule has 3 N–H and O–H groups in total. The second kappa shape index (κ2) is 7.37. The number of likely N-dealkylation sites (tertiary alicyclic amines) is 1. The van der Waals surface area contributed by atoms with Crippen molar-refractivity contribution in [3.63, 3.8) is 0 Å². The van der Waals surface area contributed by atoms with E-state index in [1.54, 1.807) is 17.0 Å². The van der Waals surface area contributed by atoms with Crippen LogP contribution in [-0.4, -0.2) is 95.6 Å². The number of amides is 1. The number of carboxylic acids is 1. The first kappa shape index (κ1) is 20.6. The number of morpholine rings is 1. The Bertz CT molecular complexity index is 919. The second-order valence-electron chi connectivity index (χ2n) is 9.04. The molecule has 2 saturated heterocycles. The van der Waals surface area contributed by atoms with E-state index in [1.807, 2.05) is 7.05 Å². The summed E-state index contributed by atoms with van der Waals surface area (Å²) in [6, 6.07) is 3.32. The molecule has 0 bridgehead atoms. The first-order valence-electron chi connectivity index (χ1n) is 10.7. The molecule has 0 radical (unpaired) electrons. The Morgan fingerprint density at radius 3 is 2.74 bits per heavy atom. The number of hydrogen-bond acceptors (Lipinski definition) is 8. The maximum Gasteiger partial charge on any atom is 0.434 e. The molecule has 1 saturated carbocycles. The van der Waals surface area contributed by atoms with Gasteiger partial charge in [0.25, 0.3) is 0 Å². The number of benzene rings is 1. The molecule has 5 rings (SSSR count). The third kappa shape index (κ3) is 3.75. The topological polar surface area (TPSA) is 129 Å². The Labute approximate surface area is 179 Å². The minimum absolute atomic E-state index is 0.0137. The standard InChI is InChI=1S/C20H26BN2O8/c1-22-4-5-29-11(8-22)6-17(24)23-9-12(10-23)30-16-3-2-13-14-7-15(14)21(27,28)31-19(13)18(16)20(25)26/h2-3,11-12,14-15,27-28H,4-10H2,1H3,(H,25,26)/q-1/t11-,14-,15-/m1/s1. The zero-order valence-corrected chi connectivity index (χ0v) is 17.3. The van der Waals surface area contributed by atoms with Crippen molar-refractivity contribution in [3.8, 4) is 11.5 Å². The number of carbonyl (C=O) groups is 2. The number of rotatable bonds is 5. The molecule has 3 aliphatic heterocycles. The lowest BCUT2D eigenvalue weighted by Gasteiger charge is -2.41. The summed E-state index contributed by atoms with van der Waals surface area (Å²) in [4.78, 5) is 28.2. The molecule has 1 aliphatic carbocycles. The number of likely N-dealkylation sites (N-methyl/N-ethyl adjacent to an activating group) is 1. The summed E-state index contributed by atoms with van der Waals surface area (Å²) in [6.45, 7) is -0.175. The van der Waals surface area contributed by atoms with Crippen LogP contribution in [0.15, 0.2) is 12.1 Å². The number of ether oxygens (including phenoxy) is 2. The van der Waals surface area contributed by atoms with Crippen LogP contribution in [0.2, 0.25) is 5.82 Å². The summed E-state index contributed by atoms with van der Waals surface area (Å²) in [5, 5.41) is 30.0. The van der Waals surface area contributed by atoms with E-state index in [-0.39, 0.29) is 46.9 Å². The van der Waals surface area contributed by atoms with E-state index in [9.17, 15) is 24.7 Å². The van der Waals surface area contributed by atoms with Crippen LogP contribution in [-0.2, 0) is 9.53 Å². The molecule has 11 heteroatoms. The van der Waals surface area contributed by atoms with Gasteiger partial charge in [-0.2, -0.15) is 0 Å². The van der Waals surface area contributed by atoms with Gasteiger partial charge in [-0.1, -0.05) is 18.3 Å². The summed E-state index contributed by atoms with van der Waals surface area (Å²) in [7, 11) is 2.00. The molecular formula is C20H26BN2O8-. The normalized spacial score (nSPS) is 29.3. The highest BCUT2D eigenvalue weighted by atomic mass is 16.6. The van der Waals surface area contributed by atoms with Crippen LogP contribution in [0.5, 0.6) is 11.5 Å². The van der Waals surface area contributed by atoms with Crippen molar-refractivity contribution < 1.29 is 38.9 Å². The van der Waals surface area contributed by atoms with Crippen molar-refractivity contribution in [1.82, 2.24) is 9.80 Å². The van der Waals surface area contributed by atoms with E-state index in [1.165, 1.54) is 0 Å². The van der Waals surface area contributed by atoms with Crippen LogP contribution in [0.1, 0.15) is 34.7 Å². The van der Waals surface area contributed by atoms with Gasteiger partial charge >= 0.3 is 12.7 Å². The van der Waals surface area contributed by atoms with Crippen molar-refractivity contribution in [2.45, 2.75) is 36.8 Å². The van der Waals surface area contributed by atoms with Gasteiger partial charge in [0.1, 0.15) is 17.4 Å². The van der Waals surface area contributed by atoms with Crippen molar-refractivity contribution >= 4 is 18.6 Å². The lowest BCUT2D eigenvalue weighted by atomic mass is 9.68. The quantitative estimate of drug-likeness (QED) is 0.544. The first-order chi connectivity index (χ1) is 14.7. The average molecular weight is 433 g/mol. The predicted octanol–water partition coefficient (Wildman–Crippen LogP) is -0.132. The van der Waals surface area contributed by atoms with Gasteiger partial charge in [-0.15, -0.1) is 0 Å². The molecule has 31 heavy (non-hydrogen) atoms. The molecule has 1 aromatic carbocycles. The SMILES string of the molecule is CN1CCO[C@H](CC(=O)N2CC(Oc3ccc4c(c3C(=O)O)O[B-](O)(O)[C@@H]3C[C@H]43)C2)C1. The Balaban J connectivity index is 1.24. The maximum atomic E-state index is 12.5. The molecule has 0 aromatic heterocycles. The Hall–Kier alpha value is -2.34. The van der Waals surface area contributed by atoms with Crippen molar-refractivity contribution in [1.29, 1.82) is 0 Å². The lowest BCUT2D eigenvalue weighted by molar-refractivity contribution is -0.144. The molecule has 0 spiro atoms. The predicted molar refractivity (Wildman–Crippen MR) is 108 cm³/mol. The van der Waals surface area contributed by atoms with Crippen LogP contribution < -0.4 is 9.39 Å². The highest BCUT2D eigenvalue weighted by Gasteiger charge is 2.55. The van der Waals surface area contributed by atoms with E-state index >= 15 is 0 Å². The van der Waals surface area contributed by atoms with Gasteiger partial charge in [-0.25, -0.2) is 4.79 Å². The highest BCUT2D eigenvalue weighted by Crippen LogP contribution is 2.63. The molecule has 10 nitrogen and oxygen atoms in total. The monoisotopic (exact) mass is 433 g/mol. The van der Waals surface area contributed by atoms with E-state index in [2.05, 4.69) is 4.90 Å². The average Bonchev–Trinajstić information content (AvgIpc) is 3.45.